The minimum atomic E-state index is -3.57. The lowest BCUT2D eigenvalue weighted by molar-refractivity contribution is 0.139. The Kier molecular flexibility index (Phi) is 8.08. The predicted molar refractivity (Wildman–Crippen MR) is 139 cm³/mol. The lowest BCUT2D eigenvalue weighted by atomic mass is 9.90. The lowest BCUT2D eigenvalue weighted by Crippen LogP contribution is -2.52. The van der Waals surface area contributed by atoms with Gasteiger partial charge in [0.15, 0.2) is 0 Å². The first-order chi connectivity index (χ1) is 16.2. The van der Waals surface area contributed by atoms with E-state index in [2.05, 4.69) is 46.6 Å². The molecule has 1 saturated carbocycles. The molecule has 2 fully saturated rings. The molecule has 1 heterocycles. The molecule has 8 heteroatoms. The van der Waals surface area contributed by atoms with Gasteiger partial charge in [0.1, 0.15) is 5.75 Å². The SMILES string of the molecule is Cc1c(Cl)cccc1S(=O)(=O)NC1CCC(N2CCN(c3ccccc3OC(C)C)CC2)CC1. The second-order valence-electron chi connectivity index (χ2n) is 9.65. The first-order valence-corrected chi connectivity index (χ1v) is 14.1. The van der Waals surface area contributed by atoms with Crippen molar-refractivity contribution < 1.29 is 13.2 Å². The molecule has 4 rings (SSSR count). The maximum Gasteiger partial charge on any atom is 0.241 e. The standard InChI is InChI=1S/C26H36ClN3O3S/c1-19(2)33-25-9-5-4-8-24(25)30-17-15-29(16-18-30)22-13-11-21(12-14-22)28-34(31,32)26-10-6-7-23(27)20(26)3/h4-10,19,21-22,28H,11-18H2,1-3H3. The van der Waals surface area contributed by atoms with E-state index in [1.54, 1.807) is 25.1 Å². The number of nitrogens with zero attached hydrogens (tertiary/aromatic N) is 2. The number of halogens is 1. The zero-order chi connectivity index (χ0) is 24.3. The minimum Gasteiger partial charge on any atom is -0.489 e. The van der Waals surface area contributed by atoms with Gasteiger partial charge in [-0.05, 0) is 76.3 Å². The third-order valence-corrected chi connectivity index (χ3v) is 9.00. The molecule has 0 unspecified atom stereocenters. The van der Waals surface area contributed by atoms with E-state index < -0.39 is 10.0 Å². The molecule has 2 aromatic rings. The summed E-state index contributed by atoms with van der Waals surface area (Å²) >= 11 is 6.14. The van der Waals surface area contributed by atoms with Crippen molar-refractivity contribution in [2.24, 2.45) is 0 Å². The number of rotatable bonds is 7. The van der Waals surface area contributed by atoms with E-state index in [4.69, 9.17) is 16.3 Å². The molecule has 1 N–H and O–H groups in total. The number of nitrogens with one attached hydrogen (secondary N) is 1. The summed E-state index contributed by atoms with van der Waals surface area (Å²) in [7, 11) is -3.57. The van der Waals surface area contributed by atoms with Crippen LogP contribution in [0.25, 0.3) is 0 Å². The van der Waals surface area contributed by atoms with Gasteiger partial charge >= 0.3 is 0 Å². The van der Waals surface area contributed by atoms with E-state index >= 15 is 0 Å². The van der Waals surface area contributed by atoms with Crippen LogP contribution in [0, 0.1) is 6.92 Å². The summed E-state index contributed by atoms with van der Waals surface area (Å²) in [6.45, 7) is 9.83. The van der Waals surface area contributed by atoms with Gasteiger partial charge in [0.2, 0.25) is 10.0 Å². The molecule has 1 aliphatic heterocycles. The molecule has 34 heavy (non-hydrogen) atoms. The van der Waals surface area contributed by atoms with Crippen LogP contribution in [0.1, 0.15) is 45.1 Å². The second-order valence-corrected chi connectivity index (χ2v) is 11.7. The zero-order valence-corrected chi connectivity index (χ0v) is 21.9. The van der Waals surface area contributed by atoms with Gasteiger partial charge in [-0.15, -0.1) is 0 Å². The van der Waals surface area contributed by atoms with Gasteiger partial charge < -0.3 is 9.64 Å². The quantitative estimate of drug-likeness (QED) is 0.583. The van der Waals surface area contributed by atoms with Crippen LogP contribution < -0.4 is 14.4 Å². The topological polar surface area (TPSA) is 61.9 Å². The van der Waals surface area contributed by atoms with Crippen LogP contribution in [0.15, 0.2) is 47.4 Å². The third kappa shape index (κ3) is 5.88. The Hall–Kier alpha value is -1.80. The molecule has 2 aliphatic rings. The number of anilines is 1. The fraction of sp³-hybridized carbons (Fsp3) is 0.538. The fourth-order valence-electron chi connectivity index (χ4n) is 5.12. The van der Waals surface area contributed by atoms with E-state index in [9.17, 15) is 8.42 Å². The smallest absolute Gasteiger partial charge is 0.241 e. The van der Waals surface area contributed by atoms with Crippen LogP contribution in [0.3, 0.4) is 0 Å². The summed E-state index contributed by atoms with van der Waals surface area (Å²) in [5.74, 6) is 0.952. The van der Waals surface area contributed by atoms with Gasteiger partial charge in [0.25, 0.3) is 0 Å². The molecule has 0 aromatic heterocycles. The average molecular weight is 506 g/mol. The monoisotopic (exact) mass is 505 g/mol. The summed E-state index contributed by atoms with van der Waals surface area (Å²) in [6, 6.07) is 13.8. The van der Waals surface area contributed by atoms with Crippen molar-refractivity contribution in [3.8, 4) is 5.75 Å². The number of hydrogen-bond acceptors (Lipinski definition) is 5. The Labute approximate surface area is 209 Å². The Morgan fingerprint density at radius 3 is 2.32 bits per heavy atom. The van der Waals surface area contributed by atoms with E-state index in [1.807, 2.05) is 6.07 Å². The Morgan fingerprint density at radius 1 is 0.971 bits per heavy atom. The van der Waals surface area contributed by atoms with Crippen molar-refractivity contribution in [2.75, 3.05) is 31.1 Å². The first-order valence-electron chi connectivity index (χ1n) is 12.3. The molecule has 1 saturated heterocycles. The molecule has 0 atom stereocenters. The van der Waals surface area contributed by atoms with Crippen LogP contribution in [0.4, 0.5) is 5.69 Å². The fourth-order valence-corrected chi connectivity index (χ4v) is 6.92. The molecule has 2 aromatic carbocycles. The van der Waals surface area contributed by atoms with Gasteiger partial charge in [0, 0.05) is 43.3 Å². The third-order valence-electron chi connectivity index (χ3n) is 6.93. The highest BCUT2D eigenvalue weighted by Crippen LogP contribution is 2.32. The molecular formula is C26H36ClN3O3S. The van der Waals surface area contributed by atoms with Crippen LogP contribution in [-0.4, -0.2) is 57.7 Å². The maximum atomic E-state index is 12.9. The number of piperazine rings is 1. The molecule has 186 valence electrons. The second kappa shape index (κ2) is 10.9. The summed E-state index contributed by atoms with van der Waals surface area (Å²) in [5.41, 5.74) is 1.77. The van der Waals surface area contributed by atoms with Gasteiger partial charge in [-0.1, -0.05) is 29.8 Å². The van der Waals surface area contributed by atoms with Crippen molar-refractivity contribution >= 4 is 27.3 Å². The number of benzene rings is 2. The average Bonchev–Trinajstić information content (AvgIpc) is 2.81. The normalized spacial score (nSPS) is 22.2. The van der Waals surface area contributed by atoms with Crippen molar-refractivity contribution in [1.82, 2.24) is 9.62 Å². The molecule has 0 spiro atoms. The maximum absolute atomic E-state index is 12.9. The first kappa shape index (κ1) is 25.3. The van der Waals surface area contributed by atoms with Gasteiger partial charge in [0.05, 0.1) is 16.7 Å². The Bertz CT molecular complexity index is 1080. The van der Waals surface area contributed by atoms with Crippen molar-refractivity contribution in [3.05, 3.63) is 53.1 Å². The Morgan fingerprint density at radius 2 is 1.65 bits per heavy atom. The molecular weight excluding hydrogens is 470 g/mol. The highest BCUT2D eigenvalue weighted by Gasteiger charge is 2.31. The molecule has 6 nitrogen and oxygen atoms in total. The van der Waals surface area contributed by atoms with Gasteiger partial charge in [-0.2, -0.15) is 0 Å². The number of ether oxygens (including phenoxy) is 1. The summed E-state index contributed by atoms with van der Waals surface area (Å²) < 4.78 is 34.8. The Balaban J connectivity index is 1.29. The van der Waals surface area contributed by atoms with Gasteiger partial charge in [-0.3, -0.25) is 4.90 Å². The van der Waals surface area contributed by atoms with Crippen molar-refractivity contribution in [2.45, 2.75) is 69.5 Å². The van der Waals surface area contributed by atoms with E-state index in [1.165, 1.54) is 5.69 Å². The van der Waals surface area contributed by atoms with Gasteiger partial charge in [-0.25, -0.2) is 13.1 Å². The molecule has 0 amide bonds. The predicted octanol–water partition coefficient (Wildman–Crippen LogP) is 4.85. The highest BCUT2D eigenvalue weighted by molar-refractivity contribution is 7.89. The number of para-hydroxylation sites is 2. The van der Waals surface area contributed by atoms with E-state index in [-0.39, 0.29) is 17.0 Å². The zero-order valence-electron chi connectivity index (χ0n) is 20.3. The van der Waals surface area contributed by atoms with Crippen LogP contribution >= 0.6 is 11.6 Å². The van der Waals surface area contributed by atoms with E-state index in [0.717, 1.165) is 57.6 Å². The largest absolute Gasteiger partial charge is 0.489 e. The number of sulfonamides is 1. The van der Waals surface area contributed by atoms with E-state index in [0.29, 0.717) is 16.6 Å². The molecule has 0 bridgehead atoms. The van der Waals surface area contributed by atoms with Crippen molar-refractivity contribution in [3.63, 3.8) is 0 Å². The van der Waals surface area contributed by atoms with Crippen molar-refractivity contribution in [1.29, 1.82) is 0 Å². The van der Waals surface area contributed by atoms with Crippen LogP contribution in [0.5, 0.6) is 5.75 Å². The summed E-state index contributed by atoms with van der Waals surface area (Å²) in [6.07, 6.45) is 3.88. The highest BCUT2D eigenvalue weighted by atomic mass is 35.5. The minimum absolute atomic E-state index is 0.0269. The van der Waals surface area contributed by atoms with Crippen LogP contribution in [-0.2, 0) is 10.0 Å². The van der Waals surface area contributed by atoms with Crippen LogP contribution in [0.2, 0.25) is 5.02 Å². The molecule has 1 aliphatic carbocycles. The summed E-state index contributed by atoms with van der Waals surface area (Å²) in [4.78, 5) is 5.27. The lowest BCUT2D eigenvalue weighted by Gasteiger charge is -2.43. The number of hydrogen-bond donors (Lipinski definition) is 1. The molecule has 0 radical (unpaired) electrons. The summed E-state index contributed by atoms with van der Waals surface area (Å²) in [5, 5.41) is 0.476.